The molecule has 0 N–H and O–H groups in total. The molecule has 1 aliphatic rings. The molecule has 1 amide bonds. The van der Waals surface area contributed by atoms with Crippen molar-refractivity contribution in [3.63, 3.8) is 0 Å². The van der Waals surface area contributed by atoms with Crippen molar-refractivity contribution in [3.05, 3.63) is 29.0 Å². The number of halogens is 1. The molecule has 5 heteroatoms. The van der Waals surface area contributed by atoms with Crippen molar-refractivity contribution < 1.29 is 4.79 Å². The molecule has 1 fully saturated rings. The van der Waals surface area contributed by atoms with E-state index in [1.165, 1.54) is 0 Å². The molecule has 0 atom stereocenters. The van der Waals surface area contributed by atoms with Crippen LogP contribution in [0.5, 0.6) is 0 Å². The van der Waals surface area contributed by atoms with Gasteiger partial charge in [0.1, 0.15) is 0 Å². The third-order valence-electron chi connectivity index (χ3n) is 3.52. The maximum Gasteiger partial charge on any atom is 0.256 e. The van der Waals surface area contributed by atoms with E-state index in [9.17, 15) is 4.79 Å². The molecular formula is C14H20ClN3O. The number of nitrogens with zero attached hydrogens (tertiary/aromatic N) is 3. The second-order valence-corrected chi connectivity index (χ2v) is 5.76. The second-order valence-electron chi connectivity index (χ2n) is 5.35. The fraction of sp³-hybridized carbons (Fsp3) is 0.571. The SMILES string of the molecule is CN(C)CC1CCN(C(=O)c2cnccc2Cl)CC1. The summed E-state index contributed by atoms with van der Waals surface area (Å²) in [5.74, 6) is 0.685. The summed E-state index contributed by atoms with van der Waals surface area (Å²) < 4.78 is 0. The van der Waals surface area contributed by atoms with Gasteiger partial charge in [0, 0.05) is 32.0 Å². The molecule has 0 unspecified atom stereocenters. The maximum atomic E-state index is 12.3. The van der Waals surface area contributed by atoms with Crippen molar-refractivity contribution in [1.82, 2.24) is 14.8 Å². The van der Waals surface area contributed by atoms with Crippen molar-refractivity contribution in [3.8, 4) is 0 Å². The Morgan fingerprint density at radius 3 is 2.74 bits per heavy atom. The molecule has 4 nitrogen and oxygen atoms in total. The van der Waals surface area contributed by atoms with Crippen LogP contribution >= 0.6 is 11.6 Å². The Hall–Kier alpha value is -1.13. The van der Waals surface area contributed by atoms with Crippen molar-refractivity contribution in [2.24, 2.45) is 5.92 Å². The Balaban J connectivity index is 1.95. The zero-order valence-electron chi connectivity index (χ0n) is 11.5. The molecule has 0 saturated carbocycles. The highest BCUT2D eigenvalue weighted by Gasteiger charge is 2.25. The van der Waals surface area contributed by atoms with Crippen LogP contribution in [0, 0.1) is 5.92 Å². The smallest absolute Gasteiger partial charge is 0.256 e. The minimum Gasteiger partial charge on any atom is -0.339 e. The predicted octanol–water partition coefficient (Wildman–Crippen LogP) is 2.15. The minimum atomic E-state index is 0.00130. The van der Waals surface area contributed by atoms with Gasteiger partial charge in [0.25, 0.3) is 5.91 Å². The number of amides is 1. The second kappa shape index (κ2) is 6.35. The van der Waals surface area contributed by atoms with Crippen LogP contribution in [0.25, 0.3) is 0 Å². The third-order valence-corrected chi connectivity index (χ3v) is 3.85. The van der Waals surface area contributed by atoms with Gasteiger partial charge in [-0.1, -0.05) is 11.6 Å². The molecule has 1 aromatic rings. The Kier molecular flexibility index (Phi) is 4.77. The lowest BCUT2D eigenvalue weighted by Gasteiger charge is -2.33. The molecule has 2 rings (SSSR count). The molecule has 0 aliphatic carbocycles. The summed E-state index contributed by atoms with van der Waals surface area (Å²) in [5.41, 5.74) is 0.509. The molecule has 0 spiro atoms. The number of carbonyl (C=O) groups excluding carboxylic acids is 1. The van der Waals surface area contributed by atoms with Crippen LogP contribution in [0.1, 0.15) is 23.2 Å². The number of pyridine rings is 1. The van der Waals surface area contributed by atoms with Crippen LogP contribution in [-0.4, -0.2) is 54.4 Å². The highest BCUT2D eigenvalue weighted by molar-refractivity contribution is 6.33. The number of carbonyl (C=O) groups is 1. The zero-order valence-corrected chi connectivity index (χ0v) is 12.2. The minimum absolute atomic E-state index is 0.00130. The Morgan fingerprint density at radius 2 is 2.16 bits per heavy atom. The summed E-state index contributed by atoms with van der Waals surface area (Å²) in [7, 11) is 4.18. The standard InChI is InChI=1S/C14H20ClN3O/c1-17(2)10-11-4-7-18(8-5-11)14(19)12-9-16-6-3-13(12)15/h3,6,9,11H,4-5,7-8,10H2,1-2H3. The lowest BCUT2D eigenvalue weighted by atomic mass is 9.96. The van der Waals surface area contributed by atoms with E-state index < -0.39 is 0 Å². The van der Waals surface area contributed by atoms with E-state index in [2.05, 4.69) is 24.0 Å². The zero-order chi connectivity index (χ0) is 13.8. The monoisotopic (exact) mass is 281 g/mol. The summed E-state index contributed by atoms with van der Waals surface area (Å²) >= 11 is 6.04. The van der Waals surface area contributed by atoms with Gasteiger partial charge in [-0.3, -0.25) is 9.78 Å². The fourth-order valence-electron chi connectivity index (χ4n) is 2.54. The number of hydrogen-bond acceptors (Lipinski definition) is 3. The summed E-state index contributed by atoms with van der Waals surface area (Å²) in [4.78, 5) is 20.4. The molecule has 0 aromatic carbocycles. The van der Waals surface area contributed by atoms with Crippen LogP contribution in [0.4, 0.5) is 0 Å². The molecule has 0 bridgehead atoms. The molecule has 0 radical (unpaired) electrons. The lowest BCUT2D eigenvalue weighted by molar-refractivity contribution is 0.0678. The number of likely N-dealkylation sites (tertiary alicyclic amines) is 1. The number of rotatable bonds is 3. The molecular weight excluding hydrogens is 262 g/mol. The first-order chi connectivity index (χ1) is 9.08. The van der Waals surface area contributed by atoms with Gasteiger partial charge in [0.15, 0.2) is 0 Å². The Labute approximate surface area is 119 Å². The summed E-state index contributed by atoms with van der Waals surface area (Å²) in [6, 6.07) is 1.66. The highest BCUT2D eigenvalue weighted by atomic mass is 35.5. The summed E-state index contributed by atoms with van der Waals surface area (Å²) in [6.07, 6.45) is 5.27. The van der Waals surface area contributed by atoms with Gasteiger partial charge in [-0.05, 0) is 38.9 Å². The Morgan fingerprint density at radius 1 is 1.47 bits per heavy atom. The first-order valence-electron chi connectivity index (χ1n) is 6.61. The predicted molar refractivity (Wildman–Crippen MR) is 76.4 cm³/mol. The quantitative estimate of drug-likeness (QED) is 0.852. The van der Waals surface area contributed by atoms with Gasteiger partial charge in [-0.2, -0.15) is 0 Å². The number of aromatic nitrogens is 1. The van der Waals surface area contributed by atoms with Gasteiger partial charge in [-0.15, -0.1) is 0 Å². The first-order valence-corrected chi connectivity index (χ1v) is 6.99. The number of piperidine rings is 1. The molecule has 19 heavy (non-hydrogen) atoms. The van der Waals surface area contributed by atoms with Crippen LogP contribution < -0.4 is 0 Å². The summed E-state index contributed by atoms with van der Waals surface area (Å²) in [6.45, 7) is 2.71. The highest BCUT2D eigenvalue weighted by Crippen LogP contribution is 2.22. The van der Waals surface area contributed by atoms with Gasteiger partial charge >= 0.3 is 0 Å². The van der Waals surface area contributed by atoms with Crippen LogP contribution in [-0.2, 0) is 0 Å². The molecule has 1 saturated heterocycles. The van der Waals surface area contributed by atoms with Crippen molar-refractivity contribution >= 4 is 17.5 Å². The van der Waals surface area contributed by atoms with E-state index in [-0.39, 0.29) is 5.91 Å². The van der Waals surface area contributed by atoms with E-state index >= 15 is 0 Å². The topological polar surface area (TPSA) is 36.4 Å². The van der Waals surface area contributed by atoms with E-state index in [0.717, 1.165) is 32.5 Å². The van der Waals surface area contributed by atoms with Gasteiger partial charge in [-0.25, -0.2) is 0 Å². The normalized spacial score (nSPS) is 16.9. The molecule has 1 aliphatic heterocycles. The van der Waals surface area contributed by atoms with Crippen molar-refractivity contribution in [2.75, 3.05) is 33.7 Å². The number of hydrogen-bond donors (Lipinski definition) is 0. The molecule has 2 heterocycles. The van der Waals surface area contributed by atoms with Gasteiger partial charge in [0.05, 0.1) is 10.6 Å². The lowest BCUT2D eigenvalue weighted by Crippen LogP contribution is -2.40. The van der Waals surface area contributed by atoms with E-state index in [0.29, 0.717) is 16.5 Å². The van der Waals surface area contributed by atoms with Gasteiger partial charge in [0.2, 0.25) is 0 Å². The third kappa shape index (κ3) is 3.67. The van der Waals surface area contributed by atoms with Crippen LogP contribution in [0.15, 0.2) is 18.5 Å². The van der Waals surface area contributed by atoms with Crippen molar-refractivity contribution in [1.29, 1.82) is 0 Å². The summed E-state index contributed by atoms with van der Waals surface area (Å²) in [5, 5.41) is 0.482. The molecule has 1 aromatic heterocycles. The van der Waals surface area contributed by atoms with Gasteiger partial charge < -0.3 is 9.80 Å². The van der Waals surface area contributed by atoms with Crippen molar-refractivity contribution in [2.45, 2.75) is 12.8 Å². The average molecular weight is 282 g/mol. The maximum absolute atomic E-state index is 12.3. The van der Waals surface area contributed by atoms with E-state index in [4.69, 9.17) is 11.6 Å². The fourth-order valence-corrected chi connectivity index (χ4v) is 2.73. The van der Waals surface area contributed by atoms with Crippen LogP contribution in [0.3, 0.4) is 0 Å². The largest absolute Gasteiger partial charge is 0.339 e. The van der Waals surface area contributed by atoms with E-state index in [1.54, 1.807) is 18.5 Å². The first kappa shape index (κ1) is 14.3. The average Bonchev–Trinajstić information content (AvgIpc) is 2.39. The Bertz CT molecular complexity index is 442. The van der Waals surface area contributed by atoms with Crippen LogP contribution in [0.2, 0.25) is 5.02 Å². The molecule has 104 valence electrons. The van der Waals surface area contributed by atoms with E-state index in [1.807, 2.05) is 4.90 Å².